The van der Waals surface area contributed by atoms with Crippen LogP contribution in [0.15, 0.2) is 35.7 Å². The number of halogens is 1. The maximum atomic E-state index is 12.8. The van der Waals surface area contributed by atoms with E-state index in [-0.39, 0.29) is 11.5 Å². The van der Waals surface area contributed by atoms with Crippen LogP contribution in [0, 0.1) is 5.82 Å². The summed E-state index contributed by atoms with van der Waals surface area (Å²) in [5, 5.41) is 20.2. The third kappa shape index (κ3) is 3.96. The van der Waals surface area contributed by atoms with E-state index in [1.54, 1.807) is 12.1 Å². The fraction of sp³-hybridized carbons (Fsp3) is 0.0714. The predicted octanol–water partition coefficient (Wildman–Crippen LogP) is 2.43. The number of nitrogens with zero attached hydrogens (tertiary/aromatic N) is 1. The Morgan fingerprint density at radius 3 is 2.52 bits per heavy atom. The van der Waals surface area contributed by atoms with E-state index in [1.807, 2.05) is 0 Å². The summed E-state index contributed by atoms with van der Waals surface area (Å²) >= 11 is 1.25. The third-order valence-corrected chi connectivity index (χ3v) is 3.41. The van der Waals surface area contributed by atoms with E-state index >= 15 is 0 Å². The van der Waals surface area contributed by atoms with Crippen LogP contribution >= 0.6 is 11.3 Å². The molecule has 0 aliphatic heterocycles. The SMILES string of the molecule is O=C(O)C(=O)C=C(O)c1csc(Cc2ccc(F)cc2)n1. The molecule has 0 saturated carbocycles. The Balaban J connectivity index is 2.12. The van der Waals surface area contributed by atoms with Crippen molar-refractivity contribution in [3.63, 3.8) is 0 Å². The van der Waals surface area contributed by atoms with Gasteiger partial charge in [-0.05, 0) is 17.7 Å². The van der Waals surface area contributed by atoms with Crippen molar-refractivity contribution in [3.05, 3.63) is 57.8 Å². The van der Waals surface area contributed by atoms with Gasteiger partial charge in [0.05, 0.1) is 5.01 Å². The fourth-order valence-electron chi connectivity index (χ4n) is 1.55. The lowest BCUT2D eigenvalue weighted by Crippen LogP contribution is -2.09. The van der Waals surface area contributed by atoms with E-state index in [0.29, 0.717) is 17.5 Å². The minimum atomic E-state index is -1.65. The zero-order valence-corrected chi connectivity index (χ0v) is 11.4. The number of ketones is 1. The average Bonchev–Trinajstić information content (AvgIpc) is 2.90. The van der Waals surface area contributed by atoms with Crippen molar-refractivity contribution in [2.75, 3.05) is 0 Å². The highest BCUT2D eigenvalue weighted by molar-refractivity contribution is 7.09. The van der Waals surface area contributed by atoms with Gasteiger partial charge in [-0.2, -0.15) is 0 Å². The Hall–Kier alpha value is -2.54. The van der Waals surface area contributed by atoms with Gasteiger partial charge in [0.2, 0.25) is 0 Å². The summed E-state index contributed by atoms with van der Waals surface area (Å²) in [5.41, 5.74) is 0.981. The van der Waals surface area contributed by atoms with Crippen molar-refractivity contribution in [2.24, 2.45) is 0 Å². The molecule has 0 saturated heterocycles. The number of benzene rings is 1. The number of thiazole rings is 1. The Morgan fingerprint density at radius 2 is 1.90 bits per heavy atom. The number of hydrogen-bond acceptors (Lipinski definition) is 5. The molecule has 2 N–H and O–H groups in total. The quantitative estimate of drug-likeness (QED) is 0.503. The Labute approximate surface area is 123 Å². The van der Waals surface area contributed by atoms with Crippen LogP contribution in [0.1, 0.15) is 16.3 Å². The van der Waals surface area contributed by atoms with Crippen LogP contribution in [-0.2, 0) is 16.0 Å². The molecule has 1 aromatic carbocycles. The molecule has 0 bridgehead atoms. The van der Waals surface area contributed by atoms with Gasteiger partial charge >= 0.3 is 5.97 Å². The van der Waals surface area contributed by atoms with Gasteiger partial charge in [0.25, 0.3) is 5.78 Å². The first-order valence-electron chi connectivity index (χ1n) is 5.83. The van der Waals surface area contributed by atoms with Gasteiger partial charge in [-0.3, -0.25) is 4.79 Å². The zero-order chi connectivity index (χ0) is 15.4. The molecule has 21 heavy (non-hydrogen) atoms. The first kappa shape index (κ1) is 14.9. The second-order valence-electron chi connectivity index (χ2n) is 4.13. The zero-order valence-electron chi connectivity index (χ0n) is 10.6. The summed E-state index contributed by atoms with van der Waals surface area (Å²) in [5.74, 6) is -3.70. The maximum Gasteiger partial charge on any atom is 0.376 e. The number of carbonyl (C=O) groups is 2. The average molecular weight is 307 g/mol. The number of carboxylic acids is 1. The molecule has 2 rings (SSSR count). The molecule has 7 heteroatoms. The second-order valence-corrected chi connectivity index (χ2v) is 5.07. The van der Waals surface area contributed by atoms with E-state index in [9.17, 15) is 19.1 Å². The summed E-state index contributed by atoms with van der Waals surface area (Å²) in [4.78, 5) is 25.4. The maximum absolute atomic E-state index is 12.8. The summed E-state index contributed by atoms with van der Waals surface area (Å²) < 4.78 is 12.8. The van der Waals surface area contributed by atoms with Gasteiger partial charge in [-0.1, -0.05) is 12.1 Å². The molecule has 1 heterocycles. The minimum Gasteiger partial charge on any atom is -0.506 e. The van der Waals surface area contributed by atoms with Gasteiger partial charge < -0.3 is 10.2 Å². The molecular weight excluding hydrogens is 297 g/mol. The number of aliphatic carboxylic acids is 1. The first-order valence-corrected chi connectivity index (χ1v) is 6.71. The smallest absolute Gasteiger partial charge is 0.376 e. The number of aliphatic hydroxyl groups excluding tert-OH is 1. The van der Waals surface area contributed by atoms with Crippen molar-refractivity contribution in [1.29, 1.82) is 0 Å². The lowest BCUT2D eigenvalue weighted by atomic mass is 10.1. The van der Waals surface area contributed by atoms with Crippen molar-refractivity contribution >= 4 is 28.8 Å². The highest BCUT2D eigenvalue weighted by atomic mass is 32.1. The van der Waals surface area contributed by atoms with Crippen LogP contribution in [0.2, 0.25) is 0 Å². The van der Waals surface area contributed by atoms with Crippen LogP contribution in [0.4, 0.5) is 4.39 Å². The van der Waals surface area contributed by atoms with Gasteiger partial charge in [0.15, 0.2) is 0 Å². The Kier molecular flexibility index (Phi) is 4.44. The molecule has 0 aliphatic rings. The van der Waals surface area contributed by atoms with Crippen LogP contribution in [-0.4, -0.2) is 26.9 Å². The summed E-state index contributed by atoms with van der Waals surface area (Å²) in [6, 6.07) is 5.93. The number of carboxylic acid groups (broad SMARTS) is 1. The van der Waals surface area contributed by atoms with Crippen LogP contribution in [0.5, 0.6) is 0 Å². The van der Waals surface area contributed by atoms with E-state index < -0.39 is 17.5 Å². The summed E-state index contributed by atoms with van der Waals surface area (Å²) in [6.45, 7) is 0. The van der Waals surface area contributed by atoms with Gasteiger partial charge in [-0.15, -0.1) is 11.3 Å². The number of carbonyl (C=O) groups excluding carboxylic acids is 1. The van der Waals surface area contributed by atoms with Crippen LogP contribution in [0.3, 0.4) is 0 Å². The van der Waals surface area contributed by atoms with Gasteiger partial charge in [-0.25, -0.2) is 14.2 Å². The third-order valence-electron chi connectivity index (χ3n) is 2.56. The summed E-state index contributed by atoms with van der Waals surface area (Å²) in [6.07, 6.45) is 1.06. The number of aliphatic hydroxyl groups is 1. The fourth-order valence-corrected chi connectivity index (χ4v) is 2.37. The van der Waals surface area contributed by atoms with Gasteiger partial charge in [0.1, 0.15) is 17.3 Å². The number of rotatable bonds is 5. The molecule has 0 unspecified atom stereocenters. The van der Waals surface area contributed by atoms with Gasteiger partial charge in [0, 0.05) is 17.9 Å². The van der Waals surface area contributed by atoms with Crippen LogP contribution < -0.4 is 0 Å². The molecule has 2 aromatic rings. The molecule has 5 nitrogen and oxygen atoms in total. The lowest BCUT2D eigenvalue weighted by Gasteiger charge is -1.97. The molecule has 0 radical (unpaired) electrons. The minimum absolute atomic E-state index is 0.131. The molecule has 1 aromatic heterocycles. The molecule has 0 amide bonds. The van der Waals surface area contributed by atoms with E-state index in [4.69, 9.17) is 5.11 Å². The second kappa shape index (κ2) is 6.27. The highest BCUT2D eigenvalue weighted by Gasteiger charge is 2.13. The Bertz CT molecular complexity index is 706. The highest BCUT2D eigenvalue weighted by Crippen LogP contribution is 2.19. The number of hydrogen-bond donors (Lipinski definition) is 2. The largest absolute Gasteiger partial charge is 0.506 e. The molecular formula is C14H10FNO4S. The van der Waals surface area contributed by atoms with Crippen molar-refractivity contribution < 1.29 is 24.2 Å². The number of aromatic nitrogens is 1. The van der Waals surface area contributed by atoms with E-state index in [0.717, 1.165) is 5.56 Å². The predicted molar refractivity (Wildman–Crippen MR) is 74.6 cm³/mol. The summed E-state index contributed by atoms with van der Waals surface area (Å²) in [7, 11) is 0. The topological polar surface area (TPSA) is 87.5 Å². The molecule has 0 atom stereocenters. The van der Waals surface area contributed by atoms with Crippen molar-refractivity contribution in [1.82, 2.24) is 4.98 Å². The lowest BCUT2D eigenvalue weighted by molar-refractivity contribution is -0.146. The van der Waals surface area contributed by atoms with E-state index in [2.05, 4.69) is 4.98 Å². The normalized spacial score (nSPS) is 11.4. The first-order chi connectivity index (χ1) is 9.95. The molecule has 108 valence electrons. The van der Waals surface area contributed by atoms with E-state index in [1.165, 1.54) is 28.8 Å². The van der Waals surface area contributed by atoms with Crippen LogP contribution in [0.25, 0.3) is 5.76 Å². The Morgan fingerprint density at radius 1 is 1.24 bits per heavy atom. The molecule has 0 fully saturated rings. The monoisotopic (exact) mass is 307 g/mol. The van der Waals surface area contributed by atoms with Crippen molar-refractivity contribution in [2.45, 2.75) is 6.42 Å². The van der Waals surface area contributed by atoms with Crippen molar-refractivity contribution in [3.8, 4) is 0 Å². The molecule has 0 aliphatic carbocycles. The standard InChI is InChI=1S/C14H10FNO4S/c15-9-3-1-8(2-4-9)5-13-16-10(7-21-13)11(17)6-12(18)14(19)20/h1-4,6-7,17H,5H2,(H,19,20). The molecule has 0 spiro atoms.